The van der Waals surface area contributed by atoms with Crippen LogP contribution in [0.3, 0.4) is 0 Å². The molecule has 2 rings (SSSR count). The zero-order valence-corrected chi connectivity index (χ0v) is 11.0. The Morgan fingerprint density at radius 2 is 1.83 bits per heavy atom. The van der Waals surface area contributed by atoms with Gasteiger partial charge in [0.2, 0.25) is 5.91 Å². The number of hydrogen-bond donors (Lipinski definition) is 1. The third kappa shape index (κ3) is 2.23. The zero-order valence-electron chi connectivity index (χ0n) is 11.0. The molecule has 2 amide bonds. The molecule has 4 heteroatoms. The molecule has 0 radical (unpaired) electrons. The fourth-order valence-corrected chi connectivity index (χ4v) is 2.11. The van der Waals surface area contributed by atoms with Gasteiger partial charge in [0, 0.05) is 5.69 Å². The van der Waals surface area contributed by atoms with Gasteiger partial charge in [0.1, 0.15) is 12.1 Å². The van der Waals surface area contributed by atoms with Crippen molar-refractivity contribution < 1.29 is 9.59 Å². The molecule has 1 aliphatic heterocycles. The van der Waals surface area contributed by atoms with Gasteiger partial charge in [-0.05, 0) is 38.0 Å². The van der Waals surface area contributed by atoms with E-state index >= 15 is 0 Å². The number of aryl methyl sites for hydroxylation is 1. The molecule has 18 heavy (non-hydrogen) atoms. The maximum absolute atomic E-state index is 12.3. The lowest BCUT2D eigenvalue weighted by Gasteiger charge is -2.37. The van der Waals surface area contributed by atoms with Crippen LogP contribution in [-0.4, -0.2) is 23.9 Å². The minimum atomic E-state index is -0.835. The number of nitrogens with zero attached hydrogens (tertiary/aromatic N) is 1. The number of nitrogens with one attached hydrogen (secondary N) is 1. The van der Waals surface area contributed by atoms with Crippen molar-refractivity contribution in [1.82, 2.24) is 5.32 Å². The van der Waals surface area contributed by atoms with E-state index in [0.717, 1.165) is 12.1 Å². The van der Waals surface area contributed by atoms with Crippen molar-refractivity contribution in [2.24, 2.45) is 0 Å². The molecule has 0 aromatic heterocycles. The van der Waals surface area contributed by atoms with E-state index in [4.69, 9.17) is 0 Å². The summed E-state index contributed by atoms with van der Waals surface area (Å²) in [7, 11) is 0. The largest absolute Gasteiger partial charge is 0.341 e. The molecule has 0 bridgehead atoms. The van der Waals surface area contributed by atoms with Gasteiger partial charge in [0.15, 0.2) is 0 Å². The SMILES string of the molecule is CCc1ccc(N2CC(=O)NC(C)(C)C2=O)cc1. The second-order valence-corrected chi connectivity index (χ2v) is 5.08. The van der Waals surface area contributed by atoms with Gasteiger partial charge in [-0.1, -0.05) is 19.1 Å². The molecular formula is C14H18N2O2. The molecule has 0 unspecified atom stereocenters. The lowest BCUT2D eigenvalue weighted by Crippen LogP contribution is -2.64. The molecule has 4 nitrogen and oxygen atoms in total. The van der Waals surface area contributed by atoms with E-state index < -0.39 is 5.54 Å². The first kappa shape index (κ1) is 12.6. The molecule has 1 aromatic carbocycles. The van der Waals surface area contributed by atoms with Gasteiger partial charge in [-0.3, -0.25) is 9.59 Å². The lowest BCUT2D eigenvalue weighted by molar-refractivity contribution is -0.134. The molecular weight excluding hydrogens is 228 g/mol. The third-order valence-electron chi connectivity index (χ3n) is 3.19. The first-order valence-electron chi connectivity index (χ1n) is 6.16. The number of rotatable bonds is 2. The standard InChI is InChI=1S/C14H18N2O2/c1-4-10-5-7-11(8-6-10)16-9-12(17)15-14(2,3)13(16)18/h5-8H,4,9H2,1-3H3,(H,15,17). The Balaban J connectivity index is 2.30. The zero-order chi connectivity index (χ0) is 13.3. The summed E-state index contributed by atoms with van der Waals surface area (Å²) >= 11 is 0. The highest BCUT2D eigenvalue weighted by atomic mass is 16.2. The Morgan fingerprint density at radius 1 is 1.22 bits per heavy atom. The molecule has 0 saturated carbocycles. The average Bonchev–Trinajstić information content (AvgIpc) is 2.33. The van der Waals surface area contributed by atoms with Crippen molar-refractivity contribution >= 4 is 17.5 Å². The van der Waals surface area contributed by atoms with Crippen LogP contribution in [-0.2, 0) is 16.0 Å². The minimum absolute atomic E-state index is 0.0775. The van der Waals surface area contributed by atoms with Crippen molar-refractivity contribution in [3.05, 3.63) is 29.8 Å². The maximum atomic E-state index is 12.3. The molecule has 1 N–H and O–H groups in total. The van der Waals surface area contributed by atoms with Crippen molar-refractivity contribution in [3.63, 3.8) is 0 Å². The van der Waals surface area contributed by atoms with Crippen molar-refractivity contribution in [1.29, 1.82) is 0 Å². The van der Waals surface area contributed by atoms with Crippen LogP contribution in [0.5, 0.6) is 0 Å². The number of anilines is 1. The van der Waals surface area contributed by atoms with Crippen molar-refractivity contribution in [3.8, 4) is 0 Å². The molecule has 0 atom stereocenters. The number of benzene rings is 1. The van der Waals surface area contributed by atoms with E-state index in [1.54, 1.807) is 13.8 Å². The summed E-state index contributed by atoms with van der Waals surface area (Å²) < 4.78 is 0. The first-order chi connectivity index (χ1) is 8.44. The van der Waals surface area contributed by atoms with E-state index in [1.807, 2.05) is 24.3 Å². The Hall–Kier alpha value is -1.84. The van der Waals surface area contributed by atoms with E-state index in [1.165, 1.54) is 10.5 Å². The summed E-state index contributed by atoms with van der Waals surface area (Å²) in [4.78, 5) is 25.4. The molecule has 1 heterocycles. The Bertz CT molecular complexity index is 477. The first-order valence-corrected chi connectivity index (χ1v) is 6.16. The number of carbonyl (C=O) groups is 2. The van der Waals surface area contributed by atoms with Gasteiger partial charge in [0.25, 0.3) is 5.91 Å². The van der Waals surface area contributed by atoms with Crippen molar-refractivity contribution in [2.75, 3.05) is 11.4 Å². The van der Waals surface area contributed by atoms with E-state index in [-0.39, 0.29) is 18.4 Å². The predicted molar refractivity (Wildman–Crippen MR) is 70.4 cm³/mol. The second-order valence-electron chi connectivity index (χ2n) is 5.08. The van der Waals surface area contributed by atoms with Crippen LogP contribution in [0.15, 0.2) is 24.3 Å². The Labute approximate surface area is 107 Å². The lowest BCUT2D eigenvalue weighted by atomic mass is 9.99. The molecule has 1 aliphatic rings. The average molecular weight is 246 g/mol. The van der Waals surface area contributed by atoms with E-state index in [9.17, 15) is 9.59 Å². The molecule has 0 spiro atoms. The quantitative estimate of drug-likeness (QED) is 0.859. The summed E-state index contributed by atoms with van der Waals surface area (Å²) in [5.41, 5.74) is 1.16. The van der Waals surface area contributed by atoms with Gasteiger partial charge in [-0.15, -0.1) is 0 Å². The van der Waals surface area contributed by atoms with Crippen LogP contribution in [0.25, 0.3) is 0 Å². The van der Waals surface area contributed by atoms with Crippen LogP contribution in [0.2, 0.25) is 0 Å². The number of amides is 2. The number of hydrogen-bond acceptors (Lipinski definition) is 2. The monoisotopic (exact) mass is 246 g/mol. The van der Waals surface area contributed by atoms with Crippen LogP contribution in [0.4, 0.5) is 5.69 Å². The van der Waals surface area contributed by atoms with Crippen LogP contribution < -0.4 is 10.2 Å². The van der Waals surface area contributed by atoms with Gasteiger partial charge < -0.3 is 10.2 Å². The molecule has 0 aliphatic carbocycles. The van der Waals surface area contributed by atoms with E-state index in [0.29, 0.717) is 0 Å². The second kappa shape index (κ2) is 4.44. The fourth-order valence-electron chi connectivity index (χ4n) is 2.11. The molecule has 1 aromatic rings. The molecule has 1 fully saturated rings. The van der Waals surface area contributed by atoms with Gasteiger partial charge in [-0.25, -0.2) is 0 Å². The number of carbonyl (C=O) groups excluding carboxylic acids is 2. The summed E-state index contributed by atoms with van der Waals surface area (Å²) in [6.45, 7) is 5.62. The third-order valence-corrected chi connectivity index (χ3v) is 3.19. The van der Waals surface area contributed by atoms with Crippen LogP contribution in [0.1, 0.15) is 26.3 Å². The molecule has 96 valence electrons. The highest BCUT2D eigenvalue weighted by Crippen LogP contribution is 2.22. The number of piperazine rings is 1. The summed E-state index contributed by atoms with van der Waals surface area (Å²) in [6.07, 6.45) is 0.959. The summed E-state index contributed by atoms with van der Waals surface area (Å²) in [5.74, 6) is -0.203. The van der Waals surface area contributed by atoms with Crippen LogP contribution >= 0.6 is 0 Å². The van der Waals surface area contributed by atoms with Gasteiger partial charge in [-0.2, -0.15) is 0 Å². The smallest absolute Gasteiger partial charge is 0.252 e. The summed E-state index contributed by atoms with van der Waals surface area (Å²) in [5, 5.41) is 2.70. The fraction of sp³-hybridized carbons (Fsp3) is 0.429. The normalized spacial score (nSPS) is 18.7. The predicted octanol–water partition coefficient (Wildman–Crippen LogP) is 1.49. The van der Waals surface area contributed by atoms with Gasteiger partial charge >= 0.3 is 0 Å². The van der Waals surface area contributed by atoms with Crippen molar-refractivity contribution in [2.45, 2.75) is 32.7 Å². The summed E-state index contributed by atoms with van der Waals surface area (Å²) in [6, 6.07) is 7.76. The van der Waals surface area contributed by atoms with Crippen LogP contribution in [0, 0.1) is 0 Å². The molecule has 1 saturated heterocycles. The highest BCUT2D eigenvalue weighted by molar-refractivity contribution is 6.08. The topological polar surface area (TPSA) is 49.4 Å². The highest BCUT2D eigenvalue weighted by Gasteiger charge is 2.39. The Morgan fingerprint density at radius 3 is 2.39 bits per heavy atom. The Kier molecular flexibility index (Phi) is 3.11. The minimum Gasteiger partial charge on any atom is -0.341 e. The van der Waals surface area contributed by atoms with E-state index in [2.05, 4.69) is 12.2 Å². The maximum Gasteiger partial charge on any atom is 0.252 e. The van der Waals surface area contributed by atoms with Gasteiger partial charge in [0.05, 0.1) is 0 Å².